The summed E-state index contributed by atoms with van der Waals surface area (Å²) in [4.78, 5) is 45.2. The number of urea groups is 1. The zero-order chi connectivity index (χ0) is 38.5. The summed E-state index contributed by atoms with van der Waals surface area (Å²) in [6, 6.07) is -3.27. The molecule has 0 bridgehead atoms. The molecule has 2 fully saturated rings. The van der Waals surface area contributed by atoms with Crippen LogP contribution in [-0.4, -0.2) is 74.5 Å². The van der Waals surface area contributed by atoms with Crippen molar-refractivity contribution < 1.29 is 46.6 Å². The molecule has 2 atom stereocenters. The monoisotopic (exact) mass is 577 g/mol. The first-order chi connectivity index (χ1) is 23.2. The first kappa shape index (κ1) is 17.0. The summed E-state index contributed by atoms with van der Waals surface area (Å²) in [5.41, 5.74) is -2.70. The van der Waals surface area contributed by atoms with Crippen molar-refractivity contribution in [1.82, 2.24) is 29.7 Å². The summed E-state index contributed by atoms with van der Waals surface area (Å²) in [6.45, 7) is -13.9. The molecule has 2 saturated heterocycles. The standard InChI is InChI=1S/C26H27F5N6O3/c27-18-4-1-3-17(21(18)28)15-6-7-19(23(38)36(13-15)14-26(29,30)31)33-24(39)35-11-8-16(9-12-35)37-20-5-2-10-32-22(20)34-25(37)40/h1-5,10,15-16,19H,6-9,11-14H2,(H,33,39)(H,32,34,40)/t15-,19-/m1/s1/i8D2,9D2,11D2,12D2,14D2,16D. The van der Waals surface area contributed by atoms with E-state index in [0.717, 1.165) is 18.2 Å². The number of likely N-dealkylation sites (tertiary alicyclic amines) is 2. The van der Waals surface area contributed by atoms with Crippen molar-refractivity contribution in [3.05, 3.63) is 64.2 Å². The Kier molecular flexibility index (Phi) is 4.62. The number of carbonyl (C=O) groups is 2. The molecule has 0 radical (unpaired) electrons. The molecule has 3 aromatic rings. The van der Waals surface area contributed by atoms with Crippen molar-refractivity contribution in [2.24, 2.45) is 0 Å². The zero-order valence-electron chi connectivity index (χ0n) is 31.1. The molecule has 3 amide bonds. The summed E-state index contributed by atoms with van der Waals surface area (Å²) >= 11 is 0. The van der Waals surface area contributed by atoms with Crippen molar-refractivity contribution in [3.8, 4) is 0 Å². The number of alkyl halides is 3. The third kappa shape index (κ3) is 5.65. The topological polar surface area (TPSA) is 103 Å². The second kappa shape index (κ2) is 10.9. The van der Waals surface area contributed by atoms with Gasteiger partial charge in [0.2, 0.25) is 5.91 Å². The number of carbonyl (C=O) groups excluding carboxylic acids is 2. The fourth-order valence-electron chi connectivity index (χ4n) is 4.42. The van der Waals surface area contributed by atoms with Crippen LogP contribution >= 0.6 is 0 Å². The highest BCUT2D eigenvalue weighted by atomic mass is 19.4. The Morgan fingerprint density at radius 1 is 1.18 bits per heavy atom. The van der Waals surface area contributed by atoms with E-state index in [1.807, 2.05) is 0 Å². The van der Waals surface area contributed by atoms with Gasteiger partial charge in [0, 0.05) is 48.6 Å². The van der Waals surface area contributed by atoms with Crippen LogP contribution in [0, 0.1) is 11.6 Å². The van der Waals surface area contributed by atoms with E-state index in [1.165, 1.54) is 12.3 Å². The van der Waals surface area contributed by atoms with Crippen LogP contribution in [0.15, 0.2) is 41.3 Å². The second-order valence-electron chi connectivity index (χ2n) is 8.77. The number of H-pyrrole nitrogens is 1. The van der Waals surface area contributed by atoms with Gasteiger partial charge in [0.25, 0.3) is 0 Å². The van der Waals surface area contributed by atoms with Gasteiger partial charge in [-0.25, -0.2) is 23.4 Å². The van der Waals surface area contributed by atoms with Crippen molar-refractivity contribution in [2.75, 3.05) is 26.0 Å². The maximum atomic E-state index is 14.7. The van der Waals surface area contributed by atoms with Gasteiger partial charge in [0.1, 0.15) is 12.5 Å². The number of aromatic amines is 1. The molecule has 0 saturated carbocycles. The largest absolute Gasteiger partial charge is 0.406 e. The van der Waals surface area contributed by atoms with Gasteiger partial charge in [-0.2, -0.15) is 13.2 Å². The van der Waals surface area contributed by atoms with E-state index in [1.54, 1.807) is 5.32 Å². The molecular weight excluding hydrogens is 539 g/mol. The fraction of sp³-hybridized carbons (Fsp3) is 0.462. The lowest BCUT2D eigenvalue weighted by molar-refractivity contribution is -0.162. The fourth-order valence-corrected chi connectivity index (χ4v) is 4.42. The van der Waals surface area contributed by atoms with Crippen LogP contribution in [-0.2, 0) is 4.79 Å². The van der Waals surface area contributed by atoms with Crippen LogP contribution < -0.4 is 11.0 Å². The molecule has 0 unspecified atom stereocenters. The van der Waals surface area contributed by atoms with Gasteiger partial charge in [-0.05, 0) is 49.4 Å². The van der Waals surface area contributed by atoms with E-state index in [4.69, 9.17) is 15.1 Å². The molecule has 2 aliphatic heterocycles. The Labute approximate surface area is 240 Å². The lowest BCUT2D eigenvalue weighted by Crippen LogP contribution is -2.54. The normalized spacial score (nSPS) is 31.3. The minimum absolute atomic E-state index is 0.109. The van der Waals surface area contributed by atoms with Gasteiger partial charge in [0.15, 0.2) is 17.3 Å². The van der Waals surface area contributed by atoms with E-state index in [0.29, 0.717) is 6.07 Å². The van der Waals surface area contributed by atoms with E-state index in [9.17, 15) is 36.3 Å². The summed E-state index contributed by atoms with van der Waals surface area (Å²) in [6.07, 6.45) is -14.0. The molecule has 2 aliphatic rings. The van der Waals surface area contributed by atoms with Crippen molar-refractivity contribution in [1.29, 1.82) is 0 Å². The minimum Gasteiger partial charge on any atom is -0.331 e. The van der Waals surface area contributed by atoms with Gasteiger partial charge in [-0.1, -0.05) is 12.1 Å². The number of hydrogen-bond acceptors (Lipinski definition) is 4. The average Bonchev–Trinajstić information content (AvgIpc) is 3.26. The average molecular weight is 578 g/mol. The zero-order valence-corrected chi connectivity index (χ0v) is 20.1. The number of rotatable bonds is 4. The second-order valence-corrected chi connectivity index (χ2v) is 8.77. The number of hydrogen-bond donors (Lipinski definition) is 2. The number of amides is 3. The van der Waals surface area contributed by atoms with Gasteiger partial charge in [-0.3, -0.25) is 14.3 Å². The van der Waals surface area contributed by atoms with Crippen LogP contribution in [0.1, 0.15) is 58.2 Å². The molecule has 0 spiro atoms. The number of imidazole rings is 1. The number of aromatic nitrogens is 3. The predicted molar refractivity (Wildman–Crippen MR) is 133 cm³/mol. The number of nitrogens with zero attached hydrogens (tertiary/aromatic N) is 4. The SMILES string of the molecule is [2H]C([2H])(N1C[C@H](c2cccc(F)c2F)CC[C@@H](NC(=O)N2C([2H])([2H])C([2H])([2H])C([2H])(n3c(=O)[nH]c4ncccc43)C([2H])([2H])C2([2H])[2H])C1=O)C(F)(F)F. The van der Waals surface area contributed by atoms with Gasteiger partial charge in [-0.15, -0.1) is 0 Å². The molecule has 1 aromatic carbocycles. The molecular formula is C26H27F5N6O3. The van der Waals surface area contributed by atoms with E-state index >= 15 is 0 Å². The predicted octanol–water partition coefficient (Wildman–Crippen LogP) is 3.69. The van der Waals surface area contributed by atoms with Crippen molar-refractivity contribution in [3.63, 3.8) is 0 Å². The van der Waals surface area contributed by atoms with Crippen molar-refractivity contribution >= 4 is 23.1 Å². The minimum atomic E-state index is -5.78. The Balaban J connectivity index is 1.58. The molecule has 9 nitrogen and oxygen atoms in total. The molecule has 214 valence electrons. The quantitative estimate of drug-likeness (QED) is 0.462. The lowest BCUT2D eigenvalue weighted by atomic mass is 9.93. The Morgan fingerprint density at radius 3 is 2.65 bits per heavy atom. The number of piperidine rings is 1. The highest BCUT2D eigenvalue weighted by Gasteiger charge is 2.40. The number of halogens is 5. The van der Waals surface area contributed by atoms with E-state index in [2.05, 4.69) is 9.97 Å². The van der Waals surface area contributed by atoms with Crippen LogP contribution in [0.4, 0.5) is 26.7 Å². The lowest BCUT2D eigenvalue weighted by Gasteiger charge is -2.34. The summed E-state index contributed by atoms with van der Waals surface area (Å²) in [5, 5.41) is 1.75. The first-order valence-corrected chi connectivity index (χ1v) is 11.7. The number of benzene rings is 1. The number of pyridine rings is 1. The van der Waals surface area contributed by atoms with E-state index in [-0.39, 0.29) is 10.2 Å². The molecule has 40 heavy (non-hydrogen) atoms. The van der Waals surface area contributed by atoms with Crippen LogP contribution in [0.2, 0.25) is 0 Å². The Morgan fingerprint density at radius 2 is 1.93 bits per heavy atom. The maximum absolute atomic E-state index is 14.7. The highest BCUT2D eigenvalue weighted by molar-refractivity contribution is 5.87. The van der Waals surface area contributed by atoms with E-state index < -0.39 is 126 Å². The molecule has 2 N–H and O–H groups in total. The molecule has 14 heteroatoms. The Bertz CT molecular complexity index is 1930. The van der Waals surface area contributed by atoms with Crippen LogP contribution in [0.3, 0.4) is 0 Å². The van der Waals surface area contributed by atoms with Crippen LogP contribution in [0.25, 0.3) is 11.2 Å². The maximum Gasteiger partial charge on any atom is 0.406 e. The molecule has 0 aliphatic carbocycles. The number of fused-ring (bicyclic) bond motifs is 1. The molecule has 5 rings (SSSR count). The highest BCUT2D eigenvalue weighted by Crippen LogP contribution is 2.32. The third-order valence-corrected chi connectivity index (χ3v) is 6.21. The molecule has 2 aromatic heterocycles. The summed E-state index contributed by atoms with van der Waals surface area (Å²) < 4.78 is 164. The van der Waals surface area contributed by atoms with Gasteiger partial charge < -0.3 is 15.1 Å². The van der Waals surface area contributed by atoms with Gasteiger partial charge in [0.05, 0.1) is 9.63 Å². The smallest absolute Gasteiger partial charge is 0.331 e. The van der Waals surface area contributed by atoms with Crippen molar-refractivity contribution in [2.45, 2.75) is 49.7 Å². The summed E-state index contributed by atoms with van der Waals surface area (Å²) in [7, 11) is 0. The van der Waals surface area contributed by atoms with Gasteiger partial charge >= 0.3 is 17.9 Å². The number of nitrogens with one attached hydrogen (secondary N) is 2. The Hall–Kier alpha value is -3.97. The van der Waals surface area contributed by atoms with Crippen LogP contribution in [0.5, 0.6) is 0 Å². The summed E-state index contributed by atoms with van der Waals surface area (Å²) in [5.74, 6) is -6.24. The third-order valence-electron chi connectivity index (χ3n) is 6.21. The molecule has 4 heterocycles. The first-order valence-electron chi connectivity index (χ1n) is 17.2.